The van der Waals surface area contributed by atoms with Gasteiger partial charge in [0.2, 0.25) is 0 Å². The van der Waals surface area contributed by atoms with Crippen LogP contribution in [0.1, 0.15) is 60.8 Å². The molecule has 3 aromatic rings. The molecule has 0 radical (unpaired) electrons. The molecule has 2 aliphatic rings. The lowest BCUT2D eigenvalue weighted by Gasteiger charge is -2.32. The number of hydrogen-bond donors (Lipinski definition) is 1. The lowest BCUT2D eigenvalue weighted by atomic mass is 9.85. The average molecular weight is 523 g/mol. The number of carboxylic acid groups (broad SMARTS) is 1. The monoisotopic (exact) mass is 523 g/mol. The van der Waals surface area contributed by atoms with Crippen molar-refractivity contribution in [3.63, 3.8) is 0 Å². The van der Waals surface area contributed by atoms with E-state index in [-0.39, 0.29) is 0 Å². The highest BCUT2D eigenvalue weighted by molar-refractivity contribution is 6.33. The minimum atomic E-state index is -0.982. The molecule has 0 amide bonds. The van der Waals surface area contributed by atoms with Crippen LogP contribution in [0.3, 0.4) is 0 Å². The highest BCUT2D eigenvalue weighted by Gasteiger charge is 2.41. The van der Waals surface area contributed by atoms with E-state index in [1.807, 2.05) is 17.6 Å². The number of carbonyl (C=O) groups is 1. The normalized spacial score (nSPS) is 19.3. The van der Waals surface area contributed by atoms with Gasteiger partial charge in [-0.25, -0.2) is 9.78 Å². The Balaban J connectivity index is 1.28. The van der Waals surface area contributed by atoms with Crippen molar-refractivity contribution < 1.29 is 19.4 Å². The lowest BCUT2D eigenvalue weighted by Crippen LogP contribution is -2.37. The summed E-state index contributed by atoms with van der Waals surface area (Å²) < 4.78 is 15.0. The van der Waals surface area contributed by atoms with Crippen LogP contribution in [-0.2, 0) is 23.7 Å². The summed E-state index contributed by atoms with van der Waals surface area (Å²) in [5.74, 6) is 7.11. The van der Waals surface area contributed by atoms with Gasteiger partial charge in [0.15, 0.2) is 11.5 Å². The van der Waals surface area contributed by atoms with Crippen molar-refractivity contribution in [2.45, 2.75) is 58.4 Å². The molecule has 1 atom stereocenters. The van der Waals surface area contributed by atoms with E-state index in [2.05, 4.69) is 66.8 Å². The Kier molecular flexibility index (Phi) is 7.54. The summed E-state index contributed by atoms with van der Waals surface area (Å²) in [6.07, 6.45) is 6.43. The third-order valence-electron chi connectivity index (χ3n) is 7.65. The van der Waals surface area contributed by atoms with Crippen LogP contribution < -0.4 is 14.9 Å². The number of fused-ring (bicyclic) bond motifs is 1. The summed E-state index contributed by atoms with van der Waals surface area (Å²) >= 11 is 0. The van der Waals surface area contributed by atoms with Crippen LogP contribution >= 0.6 is 0 Å². The summed E-state index contributed by atoms with van der Waals surface area (Å²) in [6.45, 7) is 8.92. The predicted molar refractivity (Wildman–Crippen MR) is 154 cm³/mol. The molecule has 39 heavy (non-hydrogen) atoms. The Hall–Kier alpha value is -3.96. The number of likely N-dealkylation sites (tertiary alicyclic amines) is 1. The molecule has 1 N–H and O–H groups in total. The van der Waals surface area contributed by atoms with E-state index < -0.39 is 11.8 Å². The number of piperidine rings is 1. The zero-order chi connectivity index (χ0) is 27.6. The molecule has 0 aliphatic carbocycles. The summed E-state index contributed by atoms with van der Waals surface area (Å²) in [4.78, 5) is 18.0. The van der Waals surface area contributed by atoms with Gasteiger partial charge in [-0.3, -0.25) is 4.90 Å². The first-order valence-corrected chi connectivity index (χ1v) is 13.4. The van der Waals surface area contributed by atoms with Crippen molar-refractivity contribution in [2.75, 3.05) is 13.1 Å². The maximum absolute atomic E-state index is 11.0. The summed E-state index contributed by atoms with van der Waals surface area (Å²) in [5.41, 5.74) is 5.38. The first-order valence-electron chi connectivity index (χ1n) is 13.4. The number of carboxylic acids is 1. The number of hydrogen-bond acceptors (Lipinski definition) is 5. The van der Waals surface area contributed by atoms with Gasteiger partial charge in [0.05, 0.1) is 25.0 Å². The Morgan fingerprint density at radius 3 is 2.77 bits per heavy atom. The zero-order valence-electron chi connectivity index (χ0n) is 23.0. The first-order chi connectivity index (χ1) is 18.8. The first kappa shape index (κ1) is 26.6. The van der Waals surface area contributed by atoms with E-state index in [0.717, 1.165) is 66.1 Å². The molecule has 3 heterocycles. The molecular weight excluding hydrogens is 489 g/mol. The molecule has 5 rings (SSSR count). The number of rotatable bonds is 7. The van der Waals surface area contributed by atoms with Gasteiger partial charge in [0.1, 0.15) is 13.7 Å². The van der Waals surface area contributed by atoms with Crippen LogP contribution in [-0.4, -0.2) is 46.5 Å². The van der Waals surface area contributed by atoms with E-state index in [1.54, 1.807) is 19.2 Å². The second-order valence-electron chi connectivity index (χ2n) is 10.5. The van der Waals surface area contributed by atoms with Crippen LogP contribution in [0.5, 0.6) is 11.5 Å². The fourth-order valence-electron chi connectivity index (χ4n) is 5.69. The number of aliphatic carboxylic acids is 1. The molecule has 0 saturated carbocycles. The van der Waals surface area contributed by atoms with Gasteiger partial charge in [-0.05, 0) is 57.8 Å². The predicted octanol–water partition coefficient (Wildman–Crippen LogP) is 3.59. The average Bonchev–Trinajstić information content (AvgIpc) is 3.46. The van der Waals surface area contributed by atoms with Gasteiger partial charge in [-0.2, -0.15) is 0 Å². The molecule has 1 saturated heterocycles. The summed E-state index contributed by atoms with van der Waals surface area (Å²) in [7, 11) is 2.10. The van der Waals surface area contributed by atoms with Crippen molar-refractivity contribution in [1.82, 2.24) is 14.5 Å². The molecule has 0 bridgehead atoms. The molecule has 1 unspecified atom stereocenters. The molecule has 1 aromatic heterocycles. The highest BCUT2D eigenvalue weighted by Crippen LogP contribution is 2.49. The lowest BCUT2D eigenvalue weighted by molar-refractivity contribution is -0.131. The van der Waals surface area contributed by atoms with Crippen molar-refractivity contribution in [2.24, 2.45) is 0 Å². The minimum Gasteiger partial charge on any atom is -0.478 e. The maximum atomic E-state index is 11.0. The summed E-state index contributed by atoms with van der Waals surface area (Å²) in [6, 6.07) is 12.6. The van der Waals surface area contributed by atoms with Crippen LogP contribution in [0.4, 0.5) is 0 Å². The quantitative estimate of drug-likeness (QED) is 0.290. The van der Waals surface area contributed by atoms with Gasteiger partial charge in [-0.1, -0.05) is 47.3 Å². The number of benzene rings is 2. The van der Waals surface area contributed by atoms with E-state index >= 15 is 0 Å². The highest BCUT2D eigenvalue weighted by atomic mass is 16.7. The molecule has 1 fully saturated rings. The van der Waals surface area contributed by atoms with Gasteiger partial charge in [0, 0.05) is 24.1 Å². The van der Waals surface area contributed by atoms with E-state index in [0.29, 0.717) is 19.0 Å². The fraction of sp³-hybridized carbons (Fsp3) is 0.355. The van der Waals surface area contributed by atoms with Crippen molar-refractivity contribution in [1.29, 1.82) is 0 Å². The van der Waals surface area contributed by atoms with Crippen molar-refractivity contribution >= 4 is 25.4 Å². The van der Waals surface area contributed by atoms with Crippen LogP contribution in [0.25, 0.3) is 6.08 Å². The topological polar surface area (TPSA) is 76.8 Å². The van der Waals surface area contributed by atoms with E-state index in [1.165, 1.54) is 11.1 Å². The van der Waals surface area contributed by atoms with Crippen LogP contribution in [0.15, 0.2) is 48.7 Å². The number of aryl methyl sites for hydroxylation is 1. The number of ether oxygens (including phenoxy) is 2. The second-order valence-corrected chi connectivity index (χ2v) is 10.5. The van der Waals surface area contributed by atoms with Crippen molar-refractivity contribution in [3.05, 3.63) is 76.9 Å². The zero-order valence-corrected chi connectivity index (χ0v) is 23.0. The van der Waals surface area contributed by atoms with Gasteiger partial charge >= 0.3 is 5.97 Å². The maximum Gasteiger partial charge on any atom is 0.328 e. The van der Waals surface area contributed by atoms with E-state index in [9.17, 15) is 4.79 Å². The number of imidazole rings is 1. The Labute approximate surface area is 230 Å². The Bertz CT molecular complexity index is 1480. The smallest absolute Gasteiger partial charge is 0.328 e. The van der Waals surface area contributed by atoms with Crippen LogP contribution in [0, 0.1) is 18.8 Å². The molecule has 0 spiro atoms. The number of aromatic nitrogens is 2. The largest absolute Gasteiger partial charge is 0.478 e. The minimum absolute atomic E-state index is 0.376. The van der Waals surface area contributed by atoms with Crippen LogP contribution in [0.2, 0.25) is 0 Å². The fourth-order valence-corrected chi connectivity index (χ4v) is 5.69. The van der Waals surface area contributed by atoms with Gasteiger partial charge < -0.3 is 19.1 Å². The molecule has 2 aliphatic heterocycles. The second kappa shape index (κ2) is 11.0. The summed E-state index contributed by atoms with van der Waals surface area (Å²) in [5, 5.41) is 9.03. The Morgan fingerprint density at radius 1 is 1.26 bits per heavy atom. The Morgan fingerprint density at radius 2 is 2.05 bits per heavy atom. The third kappa shape index (κ3) is 5.60. The SMILES string of the molecule is Bc1cc(C)ccc1C1(C)Oc2cccc(C3CCN(Cc4ncc(/C=C/C(=O)O)n4CC#CC)CC3)c2O1. The van der Waals surface area contributed by atoms with Gasteiger partial charge in [-0.15, -0.1) is 5.92 Å². The van der Waals surface area contributed by atoms with E-state index in [4.69, 9.17) is 14.6 Å². The molecule has 8 heteroatoms. The molecule has 2 aromatic carbocycles. The van der Waals surface area contributed by atoms with Crippen molar-refractivity contribution in [3.8, 4) is 23.3 Å². The molecular formula is C31H34BN3O4. The molecule has 200 valence electrons. The standard InChI is InChI=1S/C31H34BN3O4/c1-4-5-15-35-23(10-12-29(36)37)19-33-28(35)20-34-16-13-22(14-17-34)24-7-6-8-27-30(24)39-31(3,38-27)25-11-9-21(2)18-26(25)32/h6-12,18-19,22H,13-17,20,32H2,1-3H3,(H,36,37)/b12-10+. The molecule has 7 nitrogen and oxygen atoms in total. The number of nitrogens with zero attached hydrogens (tertiary/aromatic N) is 3. The number of para-hydroxylation sites is 1. The third-order valence-corrected chi connectivity index (χ3v) is 7.65. The van der Waals surface area contributed by atoms with Gasteiger partial charge in [0.25, 0.3) is 5.79 Å².